The van der Waals surface area contributed by atoms with E-state index in [9.17, 15) is 0 Å². The Morgan fingerprint density at radius 1 is 1.38 bits per heavy atom. The second-order valence-electron chi connectivity index (χ2n) is 4.51. The Bertz CT molecular complexity index is 337. The molecule has 0 amide bonds. The third kappa shape index (κ3) is 2.77. The standard InChI is InChI=1S/C11H20N4S/c1-9(7-12)8-16-11-14-13-10-5-3-2-4-6-15(10)11/h9H,2-8,12H2,1H3. The number of nitrogens with zero attached hydrogens (tertiary/aromatic N) is 3. The molecule has 0 aromatic carbocycles. The van der Waals surface area contributed by atoms with Crippen LogP contribution in [0.4, 0.5) is 0 Å². The average Bonchev–Trinajstić information content (AvgIpc) is 2.54. The first-order valence-electron chi connectivity index (χ1n) is 6.06. The summed E-state index contributed by atoms with van der Waals surface area (Å²) in [7, 11) is 0. The number of nitrogens with two attached hydrogens (primary N) is 1. The van der Waals surface area contributed by atoms with Gasteiger partial charge >= 0.3 is 0 Å². The van der Waals surface area contributed by atoms with Crippen LogP contribution in [0.25, 0.3) is 0 Å². The normalized spacial score (nSPS) is 17.9. The summed E-state index contributed by atoms with van der Waals surface area (Å²) >= 11 is 1.79. The summed E-state index contributed by atoms with van der Waals surface area (Å²) in [6, 6.07) is 0. The molecule has 1 aliphatic rings. The van der Waals surface area contributed by atoms with Crippen molar-refractivity contribution in [1.29, 1.82) is 0 Å². The average molecular weight is 240 g/mol. The lowest BCUT2D eigenvalue weighted by Crippen LogP contribution is -2.13. The summed E-state index contributed by atoms with van der Waals surface area (Å²) in [6.07, 6.45) is 4.90. The highest BCUT2D eigenvalue weighted by atomic mass is 32.2. The van der Waals surface area contributed by atoms with Crippen LogP contribution in [-0.2, 0) is 13.0 Å². The molecule has 2 rings (SSSR count). The van der Waals surface area contributed by atoms with Gasteiger partial charge in [0, 0.05) is 18.7 Å². The number of thioether (sulfide) groups is 1. The van der Waals surface area contributed by atoms with E-state index in [0.717, 1.165) is 30.4 Å². The van der Waals surface area contributed by atoms with Crippen molar-refractivity contribution in [3.05, 3.63) is 5.82 Å². The molecular weight excluding hydrogens is 220 g/mol. The number of hydrogen-bond donors (Lipinski definition) is 1. The minimum Gasteiger partial charge on any atom is -0.330 e. The third-order valence-electron chi connectivity index (χ3n) is 2.97. The van der Waals surface area contributed by atoms with Gasteiger partial charge in [0.1, 0.15) is 5.82 Å². The Morgan fingerprint density at radius 2 is 2.25 bits per heavy atom. The first-order chi connectivity index (χ1) is 7.81. The molecule has 0 aliphatic carbocycles. The smallest absolute Gasteiger partial charge is 0.191 e. The summed E-state index contributed by atoms with van der Waals surface area (Å²) in [5.41, 5.74) is 5.62. The van der Waals surface area contributed by atoms with Gasteiger partial charge in [0.25, 0.3) is 0 Å². The first-order valence-corrected chi connectivity index (χ1v) is 7.04. The van der Waals surface area contributed by atoms with Gasteiger partial charge in [0.05, 0.1) is 0 Å². The maximum atomic E-state index is 5.62. The lowest BCUT2D eigenvalue weighted by Gasteiger charge is -2.09. The number of aryl methyl sites for hydroxylation is 1. The highest BCUT2D eigenvalue weighted by Gasteiger charge is 2.15. The van der Waals surface area contributed by atoms with Crippen LogP contribution in [0.15, 0.2) is 5.16 Å². The highest BCUT2D eigenvalue weighted by Crippen LogP contribution is 2.23. The Kier molecular flexibility index (Phi) is 4.23. The second-order valence-corrected chi connectivity index (χ2v) is 5.50. The largest absolute Gasteiger partial charge is 0.330 e. The quantitative estimate of drug-likeness (QED) is 0.814. The summed E-state index contributed by atoms with van der Waals surface area (Å²) in [4.78, 5) is 0. The zero-order valence-electron chi connectivity index (χ0n) is 9.85. The second kappa shape index (κ2) is 5.68. The molecule has 4 nitrogen and oxygen atoms in total. The first kappa shape index (κ1) is 11.9. The fourth-order valence-electron chi connectivity index (χ4n) is 1.85. The van der Waals surface area contributed by atoms with Crippen molar-refractivity contribution in [1.82, 2.24) is 14.8 Å². The van der Waals surface area contributed by atoms with E-state index in [2.05, 4.69) is 21.7 Å². The Balaban J connectivity index is 2.01. The molecule has 0 saturated carbocycles. The summed E-state index contributed by atoms with van der Waals surface area (Å²) in [5.74, 6) is 2.75. The molecule has 5 heteroatoms. The minimum absolute atomic E-state index is 0.545. The zero-order valence-corrected chi connectivity index (χ0v) is 10.7. The van der Waals surface area contributed by atoms with Gasteiger partial charge in [-0.25, -0.2) is 0 Å². The molecule has 1 unspecified atom stereocenters. The highest BCUT2D eigenvalue weighted by molar-refractivity contribution is 7.99. The van der Waals surface area contributed by atoms with Gasteiger partial charge in [0.2, 0.25) is 0 Å². The van der Waals surface area contributed by atoms with Crippen LogP contribution in [0.1, 0.15) is 32.0 Å². The maximum absolute atomic E-state index is 5.62. The molecule has 1 atom stereocenters. The van der Waals surface area contributed by atoms with Crippen LogP contribution in [0.5, 0.6) is 0 Å². The van der Waals surface area contributed by atoms with Gasteiger partial charge in [-0.1, -0.05) is 25.1 Å². The predicted octanol–water partition coefficient (Wildman–Crippen LogP) is 1.69. The van der Waals surface area contributed by atoms with Gasteiger partial charge in [0.15, 0.2) is 5.16 Å². The molecule has 0 fully saturated rings. The van der Waals surface area contributed by atoms with Gasteiger partial charge in [-0.15, -0.1) is 10.2 Å². The van der Waals surface area contributed by atoms with Crippen molar-refractivity contribution in [3.63, 3.8) is 0 Å². The number of aromatic nitrogens is 3. The van der Waals surface area contributed by atoms with Gasteiger partial charge in [-0.2, -0.15) is 0 Å². The molecule has 2 heterocycles. The number of hydrogen-bond acceptors (Lipinski definition) is 4. The van der Waals surface area contributed by atoms with Crippen LogP contribution in [0.3, 0.4) is 0 Å². The van der Waals surface area contributed by atoms with E-state index in [-0.39, 0.29) is 0 Å². The maximum Gasteiger partial charge on any atom is 0.191 e. The van der Waals surface area contributed by atoms with Crippen molar-refractivity contribution < 1.29 is 0 Å². The Morgan fingerprint density at radius 3 is 3.06 bits per heavy atom. The van der Waals surface area contributed by atoms with Crippen molar-refractivity contribution in [2.24, 2.45) is 11.7 Å². The SMILES string of the molecule is CC(CN)CSc1nnc2n1CCCCC2. The van der Waals surface area contributed by atoms with Crippen LogP contribution in [-0.4, -0.2) is 27.1 Å². The Labute approximate surface area is 101 Å². The van der Waals surface area contributed by atoms with E-state index in [0.29, 0.717) is 5.92 Å². The topological polar surface area (TPSA) is 56.7 Å². The molecular formula is C11H20N4S. The molecule has 16 heavy (non-hydrogen) atoms. The molecule has 0 spiro atoms. The molecule has 0 radical (unpaired) electrons. The van der Waals surface area contributed by atoms with E-state index in [1.165, 1.54) is 25.1 Å². The molecule has 1 aliphatic heterocycles. The van der Waals surface area contributed by atoms with E-state index < -0.39 is 0 Å². The molecule has 2 N–H and O–H groups in total. The van der Waals surface area contributed by atoms with Gasteiger partial charge in [-0.05, 0) is 25.3 Å². The minimum atomic E-state index is 0.545. The molecule has 1 aromatic rings. The fourth-order valence-corrected chi connectivity index (χ4v) is 2.87. The van der Waals surface area contributed by atoms with Crippen LogP contribution >= 0.6 is 11.8 Å². The summed E-state index contributed by atoms with van der Waals surface area (Å²) in [5, 5.41) is 9.64. The van der Waals surface area contributed by atoms with Crippen molar-refractivity contribution >= 4 is 11.8 Å². The fraction of sp³-hybridized carbons (Fsp3) is 0.818. The lowest BCUT2D eigenvalue weighted by atomic mass is 10.2. The lowest BCUT2D eigenvalue weighted by molar-refractivity contribution is 0.589. The predicted molar refractivity (Wildman–Crippen MR) is 66.5 cm³/mol. The van der Waals surface area contributed by atoms with E-state index in [4.69, 9.17) is 5.73 Å². The summed E-state index contributed by atoms with van der Waals surface area (Å²) in [6.45, 7) is 4.00. The molecule has 1 aromatic heterocycles. The van der Waals surface area contributed by atoms with Crippen molar-refractivity contribution in [2.45, 2.75) is 44.3 Å². The third-order valence-corrected chi connectivity index (χ3v) is 4.27. The van der Waals surface area contributed by atoms with E-state index in [1.807, 2.05) is 0 Å². The van der Waals surface area contributed by atoms with E-state index >= 15 is 0 Å². The van der Waals surface area contributed by atoms with Crippen LogP contribution < -0.4 is 5.73 Å². The van der Waals surface area contributed by atoms with Crippen LogP contribution in [0.2, 0.25) is 0 Å². The van der Waals surface area contributed by atoms with Crippen molar-refractivity contribution in [2.75, 3.05) is 12.3 Å². The number of fused-ring (bicyclic) bond motifs is 1. The molecule has 90 valence electrons. The van der Waals surface area contributed by atoms with Crippen LogP contribution in [0, 0.1) is 5.92 Å². The Hall–Kier alpha value is -0.550. The van der Waals surface area contributed by atoms with Crippen molar-refractivity contribution in [3.8, 4) is 0 Å². The van der Waals surface area contributed by atoms with Gasteiger partial charge < -0.3 is 10.3 Å². The molecule has 0 bridgehead atoms. The van der Waals surface area contributed by atoms with E-state index in [1.54, 1.807) is 11.8 Å². The molecule has 0 saturated heterocycles. The summed E-state index contributed by atoms with van der Waals surface area (Å²) < 4.78 is 2.29. The monoisotopic (exact) mass is 240 g/mol. The van der Waals surface area contributed by atoms with Gasteiger partial charge in [-0.3, -0.25) is 0 Å². The number of rotatable bonds is 4. The zero-order chi connectivity index (χ0) is 11.4.